The standard InChI is InChI=1S/C13H16N2O5S/c16-9-11-5-7-14(8-6-11)21(19,20)10-12-1-3-13(4-2-12)15(17)18/h1-4,9,11H,5-8,10H2. The lowest BCUT2D eigenvalue weighted by Crippen LogP contribution is -2.39. The molecule has 1 heterocycles. The molecule has 2 rings (SSSR count). The minimum atomic E-state index is -3.45. The lowest BCUT2D eigenvalue weighted by atomic mass is 10.0. The van der Waals surface area contributed by atoms with Gasteiger partial charge in [0.15, 0.2) is 0 Å². The van der Waals surface area contributed by atoms with Crippen molar-refractivity contribution in [3.8, 4) is 0 Å². The van der Waals surface area contributed by atoms with Crippen LogP contribution in [0, 0.1) is 16.0 Å². The summed E-state index contributed by atoms with van der Waals surface area (Å²) < 4.78 is 25.9. The van der Waals surface area contributed by atoms with Crippen molar-refractivity contribution in [3.63, 3.8) is 0 Å². The van der Waals surface area contributed by atoms with E-state index in [-0.39, 0.29) is 17.4 Å². The Morgan fingerprint density at radius 3 is 2.29 bits per heavy atom. The number of sulfonamides is 1. The van der Waals surface area contributed by atoms with Crippen molar-refractivity contribution in [2.75, 3.05) is 13.1 Å². The third-order valence-corrected chi connectivity index (χ3v) is 5.43. The zero-order valence-corrected chi connectivity index (χ0v) is 12.2. The Kier molecular flexibility index (Phi) is 4.69. The largest absolute Gasteiger partial charge is 0.303 e. The van der Waals surface area contributed by atoms with E-state index in [4.69, 9.17) is 0 Å². The van der Waals surface area contributed by atoms with E-state index in [2.05, 4.69) is 0 Å². The molecule has 1 aliphatic rings. The van der Waals surface area contributed by atoms with Gasteiger partial charge in [-0.2, -0.15) is 0 Å². The molecular weight excluding hydrogens is 296 g/mol. The van der Waals surface area contributed by atoms with Crippen molar-refractivity contribution in [1.82, 2.24) is 4.31 Å². The molecule has 0 atom stereocenters. The molecule has 0 aliphatic carbocycles. The SMILES string of the molecule is O=CC1CCN(S(=O)(=O)Cc2ccc([N+](=O)[O-])cc2)CC1. The summed E-state index contributed by atoms with van der Waals surface area (Å²) in [6.45, 7) is 0.692. The number of carbonyl (C=O) groups excluding carboxylic acids is 1. The van der Waals surface area contributed by atoms with E-state index in [1.807, 2.05) is 0 Å². The lowest BCUT2D eigenvalue weighted by Gasteiger charge is -2.28. The number of nitro benzene ring substituents is 1. The zero-order valence-electron chi connectivity index (χ0n) is 11.3. The molecule has 0 saturated carbocycles. The fourth-order valence-corrected chi connectivity index (χ4v) is 3.87. The molecule has 0 radical (unpaired) electrons. The molecule has 0 N–H and O–H groups in total. The Bertz CT molecular complexity index is 618. The third kappa shape index (κ3) is 3.85. The Balaban J connectivity index is 2.04. The summed E-state index contributed by atoms with van der Waals surface area (Å²) in [5, 5.41) is 10.6. The monoisotopic (exact) mass is 312 g/mol. The lowest BCUT2D eigenvalue weighted by molar-refractivity contribution is -0.384. The van der Waals surface area contributed by atoms with Gasteiger partial charge in [-0.15, -0.1) is 0 Å². The molecule has 1 aromatic rings. The molecule has 0 unspecified atom stereocenters. The first-order valence-corrected chi connectivity index (χ1v) is 8.20. The molecule has 1 aromatic carbocycles. The Morgan fingerprint density at radius 1 is 1.24 bits per heavy atom. The van der Waals surface area contributed by atoms with Crippen molar-refractivity contribution < 1.29 is 18.1 Å². The van der Waals surface area contributed by atoms with Crippen LogP contribution >= 0.6 is 0 Å². The molecule has 0 spiro atoms. The molecular formula is C13H16N2O5S. The van der Waals surface area contributed by atoms with Crippen LogP contribution in [0.4, 0.5) is 5.69 Å². The van der Waals surface area contributed by atoms with Crippen LogP contribution in [-0.2, 0) is 20.6 Å². The summed E-state index contributed by atoms with van der Waals surface area (Å²) in [7, 11) is -3.45. The predicted molar refractivity (Wildman–Crippen MR) is 76.1 cm³/mol. The average molecular weight is 312 g/mol. The maximum atomic E-state index is 12.3. The molecule has 7 nitrogen and oxygen atoms in total. The van der Waals surface area contributed by atoms with Crippen LogP contribution < -0.4 is 0 Å². The number of piperidine rings is 1. The van der Waals surface area contributed by atoms with Gasteiger partial charge in [-0.25, -0.2) is 12.7 Å². The second-order valence-corrected chi connectivity index (χ2v) is 7.02. The summed E-state index contributed by atoms with van der Waals surface area (Å²) in [6.07, 6.45) is 1.96. The van der Waals surface area contributed by atoms with Gasteiger partial charge in [-0.05, 0) is 18.4 Å². The molecule has 0 bridgehead atoms. The molecule has 0 aromatic heterocycles. The highest BCUT2D eigenvalue weighted by atomic mass is 32.2. The first-order valence-electron chi connectivity index (χ1n) is 6.59. The van der Waals surface area contributed by atoms with Gasteiger partial charge in [0.1, 0.15) is 6.29 Å². The number of nitrogens with zero attached hydrogens (tertiary/aromatic N) is 2. The summed E-state index contributed by atoms with van der Waals surface area (Å²) in [4.78, 5) is 20.7. The van der Waals surface area contributed by atoms with E-state index in [0.717, 1.165) is 6.29 Å². The normalized spacial score (nSPS) is 17.5. The number of hydrogen-bond acceptors (Lipinski definition) is 5. The Hall–Kier alpha value is -1.80. The van der Waals surface area contributed by atoms with Crippen LogP contribution in [0.1, 0.15) is 18.4 Å². The van der Waals surface area contributed by atoms with Gasteiger partial charge in [0.05, 0.1) is 10.7 Å². The first kappa shape index (κ1) is 15.6. The van der Waals surface area contributed by atoms with Crippen LogP contribution in [0.15, 0.2) is 24.3 Å². The Morgan fingerprint density at radius 2 is 1.81 bits per heavy atom. The average Bonchev–Trinajstić information content (AvgIpc) is 2.47. The van der Waals surface area contributed by atoms with Crippen molar-refractivity contribution in [1.29, 1.82) is 0 Å². The molecule has 1 aliphatic heterocycles. The summed E-state index contributed by atoms with van der Waals surface area (Å²) in [6, 6.07) is 5.49. The van der Waals surface area contributed by atoms with Gasteiger partial charge in [0.25, 0.3) is 5.69 Å². The van der Waals surface area contributed by atoms with Gasteiger partial charge < -0.3 is 4.79 Å². The summed E-state index contributed by atoms with van der Waals surface area (Å²) >= 11 is 0. The summed E-state index contributed by atoms with van der Waals surface area (Å²) in [5.74, 6) is -0.243. The molecule has 0 amide bonds. The molecule has 114 valence electrons. The maximum Gasteiger partial charge on any atom is 0.269 e. The van der Waals surface area contributed by atoms with Crippen LogP contribution in [0.25, 0.3) is 0 Å². The Labute approximate surface area is 122 Å². The molecule has 8 heteroatoms. The topological polar surface area (TPSA) is 97.6 Å². The number of non-ortho nitro benzene ring substituents is 1. The van der Waals surface area contributed by atoms with E-state index in [9.17, 15) is 23.3 Å². The van der Waals surface area contributed by atoms with Crippen molar-refractivity contribution in [2.45, 2.75) is 18.6 Å². The van der Waals surface area contributed by atoms with E-state index in [1.54, 1.807) is 0 Å². The van der Waals surface area contributed by atoms with Crippen molar-refractivity contribution >= 4 is 22.0 Å². The van der Waals surface area contributed by atoms with Gasteiger partial charge in [-0.1, -0.05) is 12.1 Å². The second kappa shape index (κ2) is 6.31. The first-order chi connectivity index (χ1) is 9.92. The smallest absolute Gasteiger partial charge is 0.269 e. The molecule has 21 heavy (non-hydrogen) atoms. The zero-order chi connectivity index (χ0) is 15.5. The van der Waals surface area contributed by atoms with E-state index in [1.165, 1.54) is 28.6 Å². The van der Waals surface area contributed by atoms with Crippen LogP contribution in [0.5, 0.6) is 0 Å². The van der Waals surface area contributed by atoms with Crippen LogP contribution in [0.2, 0.25) is 0 Å². The molecule has 1 fully saturated rings. The number of aldehydes is 1. The van der Waals surface area contributed by atoms with Gasteiger partial charge in [-0.3, -0.25) is 10.1 Å². The number of benzene rings is 1. The molecule has 1 saturated heterocycles. The fraction of sp³-hybridized carbons (Fsp3) is 0.462. The van der Waals surface area contributed by atoms with Crippen molar-refractivity contribution in [3.05, 3.63) is 39.9 Å². The fourth-order valence-electron chi connectivity index (χ4n) is 2.31. The van der Waals surface area contributed by atoms with Crippen LogP contribution in [-0.4, -0.2) is 37.0 Å². The maximum absolute atomic E-state index is 12.3. The van der Waals surface area contributed by atoms with E-state index in [0.29, 0.717) is 31.5 Å². The quantitative estimate of drug-likeness (QED) is 0.464. The number of nitro groups is 1. The van der Waals surface area contributed by atoms with E-state index >= 15 is 0 Å². The van der Waals surface area contributed by atoms with Crippen molar-refractivity contribution in [2.24, 2.45) is 5.92 Å². The third-order valence-electron chi connectivity index (χ3n) is 3.58. The van der Waals surface area contributed by atoms with Gasteiger partial charge in [0, 0.05) is 31.1 Å². The van der Waals surface area contributed by atoms with Gasteiger partial charge in [0.2, 0.25) is 10.0 Å². The van der Waals surface area contributed by atoms with E-state index < -0.39 is 14.9 Å². The highest BCUT2D eigenvalue weighted by Crippen LogP contribution is 2.21. The number of rotatable bonds is 5. The minimum absolute atomic E-state index is 0.0594. The number of carbonyl (C=O) groups is 1. The van der Waals surface area contributed by atoms with Crippen LogP contribution in [0.3, 0.4) is 0 Å². The second-order valence-electron chi connectivity index (χ2n) is 5.05. The highest BCUT2D eigenvalue weighted by Gasteiger charge is 2.27. The minimum Gasteiger partial charge on any atom is -0.303 e. The van der Waals surface area contributed by atoms with Gasteiger partial charge >= 0.3 is 0 Å². The number of hydrogen-bond donors (Lipinski definition) is 0. The summed E-state index contributed by atoms with van der Waals surface area (Å²) in [5.41, 5.74) is 0.445. The highest BCUT2D eigenvalue weighted by molar-refractivity contribution is 7.88. The predicted octanol–water partition coefficient (Wildman–Crippen LogP) is 1.34.